The molecule has 0 amide bonds. The lowest BCUT2D eigenvalue weighted by Gasteiger charge is -2.40. The van der Waals surface area contributed by atoms with Crippen molar-refractivity contribution in [3.05, 3.63) is 34.2 Å². The van der Waals surface area contributed by atoms with Crippen LogP contribution in [0.2, 0.25) is 0 Å². The molecule has 0 saturated carbocycles. The molecule has 0 saturated heterocycles. The second-order valence-electron chi connectivity index (χ2n) is 5.58. The van der Waals surface area contributed by atoms with Gasteiger partial charge in [0.2, 0.25) is 0 Å². The molecule has 2 heterocycles. The maximum absolute atomic E-state index is 11.5. The summed E-state index contributed by atoms with van der Waals surface area (Å²) in [6.07, 6.45) is -2.37. The summed E-state index contributed by atoms with van der Waals surface area (Å²) in [6, 6.07) is 4.45. The van der Waals surface area contributed by atoms with Crippen LogP contribution in [0.1, 0.15) is 25.5 Å². The average molecular weight is 292 g/mol. The Balaban J connectivity index is 2.39. The molecule has 1 aromatic heterocycles. The topological polar surface area (TPSA) is 89.1 Å². The number of fused-ring (bicyclic) bond motifs is 3. The summed E-state index contributed by atoms with van der Waals surface area (Å²) in [4.78, 5) is 11.5. The smallest absolute Gasteiger partial charge is 0.336 e. The van der Waals surface area contributed by atoms with Gasteiger partial charge in [0.15, 0.2) is 5.58 Å². The van der Waals surface area contributed by atoms with E-state index in [1.54, 1.807) is 26.0 Å². The van der Waals surface area contributed by atoms with Gasteiger partial charge in [-0.2, -0.15) is 0 Å². The van der Waals surface area contributed by atoms with Gasteiger partial charge in [-0.25, -0.2) is 4.79 Å². The van der Waals surface area contributed by atoms with Crippen LogP contribution >= 0.6 is 0 Å². The third-order valence-corrected chi connectivity index (χ3v) is 3.77. The number of hydrogen-bond acceptors (Lipinski definition) is 6. The van der Waals surface area contributed by atoms with Crippen LogP contribution in [0.5, 0.6) is 11.5 Å². The van der Waals surface area contributed by atoms with Gasteiger partial charge in [0.1, 0.15) is 29.3 Å². The van der Waals surface area contributed by atoms with Crippen molar-refractivity contribution in [1.82, 2.24) is 0 Å². The Morgan fingerprint density at radius 1 is 1.29 bits per heavy atom. The third kappa shape index (κ3) is 1.99. The van der Waals surface area contributed by atoms with Gasteiger partial charge < -0.3 is 24.1 Å². The van der Waals surface area contributed by atoms with Gasteiger partial charge in [0.05, 0.1) is 18.1 Å². The molecule has 0 radical (unpaired) electrons. The Morgan fingerprint density at radius 2 is 2.00 bits per heavy atom. The maximum Gasteiger partial charge on any atom is 0.336 e. The van der Waals surface area contributed by atoms with Crippen LogP contribution in [0, 0.1) is 0 Å². The Hall–Kier alpha value is -2.05. The fraction of sp³-hybridized carbons (Fsp3) is 0.400. The fourth-order valence-corrected chi connectivity index (χ4v) is 2.61. The van der Waals surface area contributed by atoms with Crippen molar-refractivity contribution in [3.8, 4) is 11.5 Å². The normalized spacial score (nSPS) is 23.5. The van der Waals surface area contributed by atoms with Gasteiger partial charge >= 0.3 is 5.63 Å². The lowest BCUT2D eigenvalue weighted by molar-refractivity contribution is -0.111. The van der Waals surface area contributed by atoms with Crippen molar-refractivity contribution in [3.63, 3.8) is 0 Å². The zero-order chi connectivity index (χ0) is 15.4. The Kier molecular flexibility index (Phi) is 2.96. The van der Waals surface area contributed by atoms with E-state index in [1.807, 2.05) is 0 Å². The molecule has 2 N–H and O–H groups in total. The summed E-state index contributed by atoms with van der Waals surface area (Å²) in [5.74, 6) is 0.795. The lowest BCUT2D eigenvalue weighted by Crippen LogP contribution is -2.48. The maximum atomic E-state index is 11.5. The highest BCUT2D eigenvalue weighted by Gasteiger charge is 2.44. The van der Waals surface area contributed by atoms with Crippen LogP contribution in [0.4, 0.5) is 0 Å². The first-order chi connectivity index (χ1) is 9.85. The van der Waals surface area contributed by atoms with E-state index in [0.717, 1.165) is 0 Å². The zero-order valence-electron chi connectivity index (χ0n) is 11.9. The SMILES string of the molecule is COc1cc2c(c3oc(=O)ccc13)[C@H](O)[C@@H](O)C(C)(C)O2. The molecule has 0 spiro atoms. The molecular formula is C15H16O6. The highest BCUT2D eigenvalue weighted by molar-refractivity contribution is 5.89. The van der Waals surface area contributed by atoms with E-state index in [1.165, 1.54) is 13.2 Å². The molecule has 112 valence electrons. The summed E-state index contributed by atoms with van der Waals surface area (Å²) in [7, 11) is 1.49. The molecule has 6 nitrogen and oxygen atoms in total. The van der Waals surface area contributed by atoms with Crippen LogP contribution in [0.15, 0.2) is 27.4 Å². The molecule has 2 aromatic rings. The lowest BCUT2D eigenvalue weighted by atomic mass is 9.87. The van der Waals surface area contributed by atoms with E-state index in [4.69, 9.17) is 13.9 Å². The van der Waals surface area contributed by atoms with Gasteiger partial charge in [-0.1, -0.05) is 0 Å². The third-order valence-electron chi connectivity index (χ3n) is 3.77. The van der Waals surface area contributed by atoms with E-state index in [0.29, 0.717) is 16.9 Å². The number of methoxy groups -OCH3 is 1. The number of hydrogen-bond donors (Lipinski definition) is 2. The molecule has 21 heavy (non-hydrogen) atoms. The van der Waals surface area contributed by atoms with Crippen molar-refractivity contribution in [1.29, 1.82) is 0 Å². The van der Waals surface area contributed by atoms with Crippen molar-refractivity contribution >= 4 is 11.0 Å². The molecule has 2 atom stereocenters. The van der Waals surface area contributed by atoms with Gasteiger partial charge in [-0.05, 0) is 19.9 Å². The highest BCUT2D eigenvalue weighted by atomic mass is 16.5. The fourth-order valence-electron chi connectivity index (χ4n) is 2.61. The van der Waals surface area contributed by atoms with Crippen molar-refractivity contribution < 1.29 is 24.1 Å². The number of benzene rings is 1. The molecule has 0 aliphatic carbocycles. The summed E-state index contributed by atoms with van der Waals surface area (Å²) in [5, 5.41) is 21.1. The van der Waals surface area contributed by atoms with E-state index in [9.17, 15) is 15.0 Å². The van der Waals surface area contributed by atoms with Gasteiger partial charge in [0, 0.05) is 12.1 Å². The summed E-state index contributed by atoms with van der Waals surface area (Å²) in [6.45, 7) is 3.34. The summed E-state index contributed by atoms with van der Waals surface area (Å²) >= 11 is 0. The highest BCUT2D eigenvalue weighted by Crippen LogP contribution is 2.46. The molecule has 0 bridgehead atoms. The second kappa shape index (κ2) is 4.47. The molecule has 6 heteroatoms. The van der Waals surface area contributed by atoms with Crippen molar-refractivity contribution in [2.45, 2.75) is 31.7 Å². The van der Waals surface area contributed by atoms with Gasteiger partial charge in [-0.15, -0.1) is 0 Å². The Labute approximate surface area is 120 Å². The molecule has 1 aliphatic heterocycles. The van der Waals surface area contributed by atoms with E-state index >= 15 is 0 Å². The monoisotopic (exact) mass is 292 g/mol. The number of ether oxygens (including phenoxy) is 2. The number of rotatable bonds is 1. The van der Waals surface area contributed by atoms with Crippen LogP contribution in [-0.2, 0) is 0 Å². The molecule has 0 unspecified atom stereocenters. The van der Waals surface area contributed by atoms with Gasteiger partial charge in [0.25, 0.3) is 0 Å². The molecule has 3 rings (SSSR count). The Bertz CT molecular complexity index is 761. The Morgan fingerprint density at radius 3 is 2.67 bits per heavy atom. The van der Waals surface area contributed by atoms with E-state index in [2.05, 4.69) is 0 Å². The minimum Gasteiger partial charge on any atom is -0.496 e. The van der Waals surface area contributed by atoms with E-state index < -0.39 is 23.4 Å². The first-order valence-electron chi connectivity index (χ1n) is 6.55. The van der Waals surface area contributed by atoms with Crippen LogP contribution < -0.4 is 15.1 Å². The van der Waals surface area contributed by atoms with Crippen LogP contribution in [0.3, 0.4) is 0 Å². The summed E-state index contributed by atoms with van der Waals surface area (Å²) in [5.41, 5.74) is -1.10. The van der Waals surface area contributed by atoms with Crippen LogP contribution in [0.25, 0.3) is 11.0 Å². The summed E-state index contributed by atoms with van der Waals surface area (Å²) < 4.78 is 16.2. The number of aliphatic hydroxyl groups is 2. The van der Waals surface area contributed by atoms with Crippen molar-refractivity contribution in [2.75, 3.05) is 7.11 Å². The molecule has 1 aliphatic rings. The molecular weight excluding hydrogens is 276 g/mol. The second-order valence-corrected chi connectivity index (χ2v) is 5.58. The number of aliphatic hydroxyl groups excluding tert-OH is 2. The first kappa shape index (κ1) is 13.9. The predicted octanol–water partition coefficient (Wildman–Crippen LogP) is 1.37. The molecule has 0 fully saturated rings. The zero-order valence-corrected chi connectivity index (χ0v) is 11.9. The molecule has 1 aromatic carbocycles. The minimum absolute atomic E-state index is 0.166. The van der Waals surface area contributed by atoms with Gasteiger partial charge in [-0.3, -0.25) is 0 Å². The quantitative estimate of drug-likeness (QED) is 0.772. The average Bonchev–Trinajstić information content (AvgIpc) is 2.43. The van der Waals surface area contributed by atoms with E-state index in [-0.39, 0.29) is 11.1 Å². The first-order valence-corrected chi connectivity index (χ1v) is 6.55. The van der Waals surface area contributed by atoms with Crippen molar-refractivity contribution in [2.24, 2.45) is 0 Å². The predicted molar refractivity (Wildman–Crippen MR) is 74.7 cm³/mol. The minimum atomic E-state index is -1.22. The standard InChI is InChI=1S/C15H16O6/c1-15(2)14(18)12(17)11-9(21-15)6-8(19-3)7-4-5-10(16)20-13(7)11/h4-6,12,14,17-18H,1-3H3/t12-,14+/m0/s1. The largest absolute Gasteiger partial charge is 0.496 e. The van der Waals surface area contributed by atoms with Crippen LogP contribution in [-0.4, -0.2) is 29.0 Å².